The first kappa shape index (κ1) is 13.9. The van der Waals surface area contributed by atoms with Gasteiger partial charge in [0.1, 0.15) is 0 Å². The van der Waals surface area contributed by atoms with Crippen LogP contribution in [0.1, 0.15) is 13.8 Å². The number of allylic oxidation sites excluding steroid dienone is 7. The quantitative estimate of drug-likeness (QED) is 0.277. The summed E-state index contributed by atoms with van der Waals surface area (Å²) in [5.41, 5.74) is 3.68. The average Bonchev–Trinajstić information content (AvgIpc) is 2.45. The Morgan fingerprint density at radius 3 is 2.67 bits per heavy atom. The number of nitrogens with one attached hydrogen (secondary N) is 1. The lowest BCUT2D eigenvalue weighted by molar-refractivity contribution is -0.116. The van der Waals surface area contributed by atoms with Crippen molar-refractivity contribution in [1.29, 1.82) is 0 Å². The minimum absolute atomic E-state index is 0.0553. The van der Waals surface area contributed by atoms with Crippen LogP contribution in [0.5, 0.6) is 0 Å². The first-order chi connectivity index (χ1) is 8.77. The highest BCUT2D eigenvalue weighted by molar-refractivity contribution is 6.24. The molecule has 5 nitrogen and oxygen atoms in total. The molecule has 0 heterocycles. The summed E-state index contributed by atoms with van der Waals surface area (Å²) in [6, 6.07) is 0. The molecule has 2 aliphatic rings. The van der Waals surface area contributed by atoms with E-state index in [4.69, 9.17) is 11.7 Å². The van der Waals surface area contributed by atoms with Crippen molar-refractivity contribution in [3.05, 3.63) is 47.6 Å². The van der Waals surface area contributed by atoms with Gasteiger partial charge in [-0.1, -0.05) is 44.2 Å². The van der Waals surface area contributed by atoms with Crippen LogP contribution in [0.15, 0.2) is 52.7 Å². The maximum atomic E-state index is 12.1. The number of amidine groups is 1. The fourth-order valence-electron chi connectivity index (χ4n) is 1.76. The molecule has 0 bridgehead atoms. The van der Waals surface area contributed by atoms with E-state index in [1.807, 2.05) is 44.2 Å². The number of fused-ring (bicyclic) bond motifs is 1. The Balaban J connectivity index is 0.000000771. The van der Waals surface area contributed by atoms with E-state index < -0.39 is 0 Å². The third-order valence-corrected chi connectivity index (χ3v) is 2.57. The molecule has 0 aliphatic heterocycles. The van der Waals surface area contributed by atoms with Gasteiger partial charge in [0, 0.05) is 0 Å². The number of nitrogens with zero attached hydrogens (tertiary/aromatic N) is 1. The maximum Gasteiger partial charge on any atom is 0.177 e. The minimum Gasteiger partial charge on any atom is -0.321 e. The van der Waals surface area contributed by atoms with Crippen LogP contribution in [0.4, 0.5) is 0 Å². The molecule has 18 heavy (non-hydrogen) atoms. The SMILES string of the molecule is CC.N/N=C(\NN)C1=CC=C2C=CC=CC2C1=O. The van der Waals surface area contributed by atoms with Crippen molar-refractivity contribution in [2.45, 2.75) is 13.8 Å². The van der Waals surface area contributed by atoms with Gasteiger partial charge in [0.15, 0.2) is 11.6 Å². The van der Waals surface area contributed by atoms with E-state index in [-0.39, 0.29) is 17.5 Å². The van der Waals surface area contributed by atoms with Gasteiger partial charge in [-0.05, 0) is 11.6 Å². The molecule has 0 fully saturated rings. The third kappa shape index (κ3) is 2.57. The van der Waals surface area contributed by atoms with Crippen LogP contribution in [0.25, 0.3) is 0 Å². The molecule has 0 saturated heterocycles. The zero-order chi connectivity index (χ0) is 13.5. The summed E-state index contributed by atoms with van der Waals surface area (Å²) in [6.45, 7) is 4.00. The van der Waals surface area contributed by atoms with E-state index in [2.05, 4.69) is 10.5 Å². The summed E-state index contributed by atoms with van der Waals surface area (Å²) in [5.74, 6) is 10.3. The Labute approximate surface area is 107 Å². The van der Waals surface area contributed by atoms with E-state index in [9.17, 15) is 4.79 Å². The molecule has 0 aromatic heterocycles. The van der Waals surface area contributed by atoms with E-state index in [0.717, 1.165) is 5.57 Å². The van der Waals surface area contributed by atoms with Crippen LogP contribution >= 0.6 is 0 Å². The lowest BCUT2D eigenvalue weighted by Crippen LogP contribution is -2.37. The smallest absolute Gasteiger partial charge is 0.177 e. The number of hydrazone groups is 1. The highest BCUT2D eigenvalue weighted by atomic mass is 16.1. The number of hydrogen-bond acceptors (Lipinski definition) is 4. The maximum absolute atomic E-state index is 12.1. The predicted octanol–water partition coefficient (Wildman–Crippen LogP) is 0.926. The standard InChI is InChI=1S/C11H12N4O.C2H6/c12-14-11(15-13)9-6-5-7-3-1-2-4-8(7)10(9)16;1-2/h1-6,8H,12-13H2,(H,14,15);1-2H3. The number of ketones is 1. The summed E-state index contributed by atoms with van der Waals surface area (Å²) in [4.78, 5) is 12.1. The molecule has 0 radical (unpaired) electrons. The molecule has 0 aromatic rings. The number of nitrogens with two attached hydrogens (primary N) is 2. The predicted molar refractivity (Wildman–Crippen MR) is 73.2 cm³/mol. The van der Waals surface area contributed by atoms with E-state index in [1.54, 1.807) is 6.08 Å². The molecule has 0 aromatic carbocycles. The van der Waals surface area contributed by atoms with Crippen molar-refractivity contribution < 1.29 is 4.79 Å². The molecule has 5 N–H and O–H groups in total. The normalized spacial score (nSPS) is 21.4. The Bertz CT molecular complexity index is 469. The van der Waals surface area contributed by atoms with Gasteiger partial charge in [-0.2, -0.15) is 5.10 Å². The number of Topliss-reactive ketones (excluding diaryl/α,β-unsaturated/α-hetero) is 1. The van der Waals surface area contributed by atoms with Crippen molar-refractivity contribution in [3.8, 4) is 0 Å². The van der Waals surface area contributed by atoms with Crippen LogP contribution in [-0.4, -0.2) is 11.6 Å². The van der Waals surface area contributed by atoms with Gasteiger partial charge in [0.05, 0.1) is 11.5 Å². The molecule has 0 saturated carbocycles. The van der Waals surface area contributed by atoms with Crippen molar-refractivity contribution in [3.63, 3.8) is 0 Å². The lowest BCUT2D eigenvalue weighted by Gasteiger charge is -2.21. The number of hydrogen-bond donors (Lipinski definition) is 3. The van der Waals surface area contributed by atoms with Crippen LogP contribution in [0, 0.1) is 5.92 Å². The van der Waals surface area contributed by atoms with Crippen molar-refractivity contribution in [2.75, 3.05) is 0 Å². The summed E-state index contributed by atoms with van der Waals surface area (Å²) in [5, 5.41) is 3.44. The van der Waals surface area contributed by atoms with Gasteiger partial charge in [0.2, 0.25) is 0 Å². The second kappa shape index (κ2) is 6.56. The summed E-state index contributed by atoms with van der Waals surface area (Å²) < 4.78 is 0. The summed E-state index contributed by atoms with van der Waals surface area (Å²) >= 11 is 0. The van der Waals surface area contributed by atoms with Crippen LogP contribution in [-0.2, 0) is 4.79 Å². The van der Waals surface area contributed by atoms with Gasteiger partial charge in [-0.3, -0.25) is 4.79 Å². The van der Waals surface area contributed by atoms with Gasteiger partial charge in [0.25, 0.3) is 0 Å². The molecule has 1 unspecified atom stereocenters. The average molecular weight is 246 g/mol. The molecule has 0 spiro atoms. The second-order valence-corrected chi connectivity index (χ2v) is 3.45. The molecule has 2 rings (SSSR count). The molecular formula is C13H18N4O. The monoisotopic (exact) mass is 246 g/mol. The second-order valence-electron chi connectivity index (χ2n) is 3.45. The van der Waals surface area contributed by atoms with E-state index in [0.29, 0.717) is 5.57 Å². The lowest BCUT2D eigenvalue weighted by atomic mass is 9.83. The van der Waals surface area contributed by atoms with Gasteiger partial charge >= 0.3 is 0 Å². The van der Waals surface area contributed by atoms with E-state index in [1.165, 1.54) is 0 Å². The Morgan fingerprint density at radius 1 is 1.33 bits per heavy atom. The first-order valence-corrected chi connectivity index (χ1v) is 5.83. The molecule has 5 heteroatoms. The van der Waals surface area contributed by atoms with Gasteiger partial charge < -0.3 is 11.3 Å². The topological polar surface area (TPSA) is 93.5 Å². The number of carbonyl (C=O) groups excluding carboxylic acids is 1. The number of carbonyl (C=O) groups is 1. The molecule has 96 valence electrons. The molecular weight excluding hydrogens is 228 g/mol. The zero-order valence-corrected chi connectivity index (χ0v) is 10.6. The highest BCUT2D eigenvalue weighted by Crippen LogP contribution is 2.26. The molecule has 2 aliphatic carbocycles. The van der Waals surface area contributed by atoms with Crippen molar-refractivity contribution in [1.82, 2.24) is 5.43 Å². The largest absolute Gasteiger partial charge is 0.321 e. The first-order valence-electron chi connectivity index (χ1n) is 5.83. The number of rotatable bonds is 1. The summed E-state index contributed by atoms with van der Waals surface area (Å²) in [6.07, 6.45) is 11.0. The fraction of sp³-hybridized carbons (Fsp3) is 0.231. The minimum atomic E-state index is -0.255. The number of hydrazine groups is 1. The van der Waals surface area contributed by atoms with Gasteiger partial charge in [-0.15, -0.1) is 0 Å². The molecule has 0 amide bonds. The van der Waals surface area contributed by atoms with Crippen molar-refractivity contribution >= 4 is 11.6 Å². The van der Waals surface area contributed by atoms with Crippen molar-refractivity contribution in [2.24, 2.45) is 22.7 Å². The highest BCUT2D eigenvalue weighted by Gasteiger charge is 2.28. The fourth-order valence-corrected chi connectivity index (χ4v) is 1.76. The Hall–Kier alpha value is -2.14. The molecule has 1 atom stereocenters. The zero-order valence-electron chi connectivity index (χ0n) is 10.6. The summed E-state index contributed by atoms with van der Waals surface area (Å²) in [7, 11) is 0. The van der Waals surface area contributed by atoms with Gasteiger partial charge in [-0.25, -0.2) is 5.84 Å². The van der Waals surface area contributed by atoms with Crippen LogP contribution < -0.4 is 17.1 Å². The Kier molecular flexibility index (Phi) is 5.07. The van der Waals surface area contributed by atoms with E-state index >= 15 is 0 Å². The van der Waals surface area contributed by atoms with Crippen LogP contribution in [0.2, 0.25) is 0 Å². The Morgan fingerprint density at radius 2 is 2.06 bits per heavy atom. The third-order valence-electron chi connectivity index (χ3n) is 2.57. The van der Waals surface area contributed by atoms with Crippen LogP contribution in [0.3, 0.4) is 0 Å².